The van der Waals surface area contributed by atoms with Crippen LogP contribution >= 0.6 is 15.9 Å². The third-order valence-electron chi connectivity index (χ3n) is 2.99. The van der Waals surface area contributed by atoms with Crippen molar-refractivity contribution in [3.05, 3.63) is 32.8 Å². The van der Waals surface area contributed by atoms with Gasteiger partial charge in [0.25, 0.3) is 5.69 Å². The number of hydrogen-bond acceptors (Lipinski definition) is 4. The predicted molar refractivity (Wildman–Crippen MR) is 72.8 cm³/mol. The summed E-state index contributed by atoms with van der Waals surface area (Å²) in [7, 11) is 0. The maximum atomic E-state index is 10.9. The molecule has 0 saturated carbocycles. The summed E-state index contributed by atoms with van der Waals surface area (Å²) in [4.78, 5) is 10.6. The average molecular weight is 315 g/mol. The normalized spacial score (nSPS) is 19.5. The van der Waals surface area contributed by atoms with Gasteiger partial charge in [0.1, 0.15) is 5.69 Å². The van der Waals surface area contributed by atoms with E-state index >= 15 is 0 Å². The molecule has 1 aliphatic heterocycles. The zero-order valence-corrected chi connectivity index (χ0v) is 11.5. The molecular formula is C12H15BrN2O3. The van der Waals surface area contributed by atoms with Gasteiger partial charge >= 0.3 is 0 Å². The van der Waals surface area contributed by atoms with E-state index in [9.17, 15) is 10.1 Å². The van der Waals surface area contributed by atoms with Crippen molar-refractivity contribution in [3.63, 3.8) is 0 Å². The Kier molecular flexibility index (Phi) is 4.54. The lowest BCUT2D eigenvalue weighted by atomic mass is 10.0. The lowest BCUT2D eigenvalue weighted by molar-refractivity contribution is -0.384. The zero-order chi connectivity index (χ0) is 13.0. The van der Waals surface area contributed by atoms with Gasteiger partial charge in [0.15, 0.2) is 0 Å². The molecule has 1 unspecified atom stereocenters. The minimum Gasteiger partial charge on any atom is -0.381 e. The van der Waals surface area contributed by atoms with Crippen molar-refractivity contribution >= 4 is 27.3 Å². The molecule has 0 bridgehead atoms. The van der Waals surface area contributed by atoms with Gasteiger partial charge in [0.2, 0.25) is 0 Å². The summed E-state index contributed by atoms with van der Waals surface area (Å²) >= 11 is 3.24. The molecule has 0 amide bonds. The van der Waals surface area contributed by atoms with Crippen LogP contribution in [0.5, 0.6) is 0 Å². The highest BCUT2D eigenvalue weighted by molar-refractivity contribution is 9.10. The average Bonchev–Trinajstić information content (AvgIpc) is 2.38. The maximum absolute atomic E-state index is 10.9. The minimum absolute atomic E-state index is 0.0982. The first-order chi connectivity index (χ1) is 8.66. The van der Waals surface area contributed by atoms with Crippen LogP contribution in [0.3, 0.4) is 0 Å². The minimum atomic E-state index is -0.371. The van der Waals surface area contributed by atoms with Crippen molar-refractivity contribution < 1.29 is 9.66 Å². The van der Waals surface area contributed by atoms with E-state index in [1.165, 1.54) is 6.07 Å². The van der Waals surface area contributed by atoms with E-state index in [2.05, 4.69) is 21.2 Å². The molecule has 1 atom stereocenters. The molecule has 0 aliphatic carbocycles. The Morgan fingerprint density at radius 2 is 2.39 bits per heavy atom. The molecule has 1 fully saturated rings. The van der Waals surface area contributed by atoms with Crippen LogP contribution in [0.15, 0.2) is 22.7 Å². The van der Waals surface area contributed by atoms with Crippen molar-refractivity contribution in [1.29, 1.82) is 0 Å². The van der Waals surface area contributed by atoms with E-state index in [0.29, 0.717) is 22.6 Å². The highest BCUT2D eigenvalue weighted by Crippen LogP contribution is 2.28. The summed E-state index contributed by atoms with van der Waals surface area (Å²) in [6.07, 6.45) is 2.17. The summed E-state index contributed by atoms with van der Waals surface area (Å²) in [6.45, 7) is 2.27. The molecule has 0 radical (unpaired) electrons. The maximum Gasteiger partial charge on any atom is 0.293 e. The Hall–Kier alpha value is -1.14. The summed E-state index contributed by atoms with van der Waals surface area (Å²) in [5, 5.41) is 14.1. The molecule has 2 rings (SSSR count). The summed E-state index contributed by atoms with van der Waals surface area (Å²) < 4.78 is 6.09. The fourth-order valence-corrected chi connectivity index (χ4v) is 2.38. The van der Waals surface area contributed by atoms with Crippen LogP contribution in [0, 0.1) is 16.0 Å². The van der Waals surface area contributed by atoms with Crippen molar-refractivity contribution in [2.45, 2.75) is 12.8 Å². The highest BCUT2D eigenvalue weighted by atomic mass is 79.9. The molecule has 1 aliphatic rings. The Balaban J connectivity index is 2.01. The predicted octanol–water partition coefficient (Wildman–Crippen LogP) is 3.20. The van der Waals surface area contributed by atoms with E-state index < -0.39 is 0 Å². The summed E-state index contributed by atoms with van der Waals surface area (Å²) in [5.74, 6) is 0.432. The lowest BCUT2D eigenvalue weighted by Gasteiger charge is -2.22. The SMILES string of the molecule is O=[N+]([O-])c1cc(Br)ccc1NCC1CCCOC1. The van der Waals surface area contributed by atoms with Gasteiger partial charge in [-0.3, -0.25) is 10.1 Å². The number of nitrogens with one attached hydrogen (secondary N) is 1. The van der Waals surface area contributed by atoms with Gasteiger partial charge in [0, 0.05) is 23.7 Å². The Bertz CT molecular complexity index is 433. The number of nitro benzene ring substituents is 1. The quantitative estimate of drug-likeness (QED) is 0.684. The monoisotopic (exact) mass is 314 g/mol. The Morgan fingerprint density at radius 3 is 3.06 bits per heavy atom. The topological polar surface area (TPSA) is 64.4 Å². The highest BCUT2D eigenvalue weighted by Gasteiger charge is 2.17. The zero-order valence-electron chi connectivity index (χ0n) is 9.89. The van der Waals surface area contributed by atoms with Crippen molar-refractivity contribution in [2.75, 3.05) is 25.1 Å². The van der Waals surface area contributed by atoms with Gasteiger partial charge in [-0.25, -0.2) is 0 Å². The molecule has 1 aromatic carbocycles. The summed E-state index contributed by atoms with van der Waals surface area (Å²) in [6, 6.07) is 5.04. The second-order valence-electron chi connectivity index (χ2n) is 4.38. The Labute approximate surface area is 114 Å². The van der Waals surface area contributed by atoms with Gasteiger partial charge < -0.3 is 10.1 Å². The number of benzene rings is 1. The molecule has 1 N–H and O–H groups in total. The second kappa shape index (κ2) is 6.15. The van der Waals surface area contributed by atoms with E-state index in [4.69, 9.17) is 4.74 Å². The number of hydrogen-bond donors (Lipinski definition) is 1. The number of ether oxygens (including phenoxy) is 1. The van der Waals surface area contributed by atoms with Crippen molar-refractivity contribution in [2.24, 2.45) is 5.92 Å². The Morgan fingerprint density at radius 1 is 1.56 bits per heavy atom. The number of rotatable bonds is 4. The third-order valence-corrected chi connectivity index (χ3v) is 3.49. The number of nitrogens with zero attached hydrogens (tertiary/aromatic N) is 1. The largest absolute Gasteiger partial charge is 0.381 e. The first-order valence-electron chi connectivity index (χ1n) is 5.92. The number of nitro groups is 1. The molecule has 98 valence electrons. The molecule has 0 aromatic heterocycles. The molecule has 1 saturated heterocycles. The second-order valence-corrected chi connectivity index (χ2v) is 5.30. The molecule has 6 heteroatoms. The molecular weight excluding hydrogens is 300 g/mol. The van der Waals surface area contributed by atoms with E-state index in [0.717, 1.165) is 26.1 Å². The fourth-order valence-electron chi connectivity index (χ4n) is 2.03. The molecule has 0 spiro atoms. The van der Waals surface area contributed by atoms with Crippen LogP contribution in [0.4, 0.5) is 11.4 Å². The molecule has 18 heavy (non-hydrogen) atoms. The van der Waals surface area contributed by atoms with Crippen LogP contribution in [-0.2, 0) is 4.74 Å². The van der Waals surface area contributed by atoms with Crippen molar-refractivity contribution in [3.8, 4) is 0 Å². The van der Waals surface area contributed by atoms with Gasteiger partial charge in [-0.1, -0.05) is 15.9 Å². The standard InChI is InChI=1S/C12H15BrN2O3/c13-10-3-4-11(12(6-10)15(16)17)14-7-9-2-1-5-18-8-9/h3-4,6,9,14H,1-2,5,7-8H2. The van der Waals surface area contributed by atoms with Gasteiger partial charge in [-0.05, 0) is 30.9 Å². The van der Waals surface area contributed by atoms with Crippen LogP contribution < -0.4 is 5.32 Å². The smallest absolute Gasteiger partial charge is 0.293 e. The molecule has 5 nitrogen and oxygen atoms in total. The van der Waals surface area contributed by atoms with Crippen LogP contribution in [-0.4, -0.2) is 24.7 Å². The fraction of sp³-hybridized carbons (Fsp3) is 0.500. The van der Waals surface area contributed by atoms with E-state index in [1.807, 2.05) is 0 Å². The summed E-state index contributed by atoms with van der Waals surface area (Å²) in [5.41, 5.74) is 0.662. The molecule has 1 aromatic rings. The third kappa shape index (κ3) is 3.43. The van der Waals surface area contributed by atoms with Gasteiger partial charge in [-0.2, -0.15) is 0 Å². The van der Waals surface area contributed by atoms with Gasteiger partial charge in [-0.15, -0.1) is 0 Å². The van der Waals surface area contributed by atoms with Crippen molar-refractivity contribution in [1.82, 2.24) is 0 Å². The number of anilines is 1. The van der Waals surface area contributed by atoms with Crippen LogP contribution in [0.1, 0.15) is 12.8 Å². The van der Waals surface area contributed by atoms with Crippen LogP contribution in [0.25, 0.3) is 0 Å². The first-order valence-corrected chi connectivity index (χ1v) is 6.71. The van der Waals surface area contributed by atoms with E-state index in [1.54, 1.807) is 12.1 Å². The number of halogens is 1. The van der Waals surface area contributed by atoms with E-state index in [-0.39, 0.29) is 10.6 Å². The lowest BCUT2D eigenvalue weighted by Crippen LogP contribution is -2.24. The van der Waals surface area contributed by atoms with Gasteiger partial charge in [0.05, 0.1) is 11.5 Å². The first kappa shape index (κ1) is 13.3. The van der Waals surface area contributed by atoms with Crippen LogP contribution in [0.2, 0.25) is 0 Å². The molecule has 1 heterocycles.